The molecule has 0 heterocycles. The third-order valence-electron chi connectivity index (χ3n) is 2.97. The van der Waals surface area contributed by atoms with E-state index in [1.165, 1.54) is 12.1 Å². The van der Waals surface area contributed by atoms with E-state index in [0.29, 0.717) is 10.9 Å². The highest BCUT2D eigenvalue weighted by Crippen LogP contribution is 2.24. The number of aliphatic hydroxyl groups is 1. The van der Waals surface area contributed by atoms with E-state index in [0.717, 1.165) is 16.9 Å². The number of hydrogen-bond donors (Lipinski definition) is 1. The summed E-state index contributed by atoms with van der Waals surface area (Å²) >= 11 is 3.26. The summed E-state index contributed by atoms with van der Waals surface area (Å²) in [4.78, 5) is 0. The van der Waals surface area contributed by atoms with E-state index in [1.54, 1.807) is 6.07 Å². The van der Waals surface area contributed by atoms with Gasteiger partial charge in [-0.1, -0.05) is 28.1 Å². The number of rotatable bonds is 5. The molecule has 2 aromatic carbocycles. The third-order valence-corrected chi connectivity index (χ3v) is 3.42. The van der Waals surface area contributed by atoms with Gasteiger partial charge in [0.15, 0.2) is 0 Å². The highest BCUT2D eigenvalue weighted by Gasteiger charge is 2.11. The number of hydrogen-bond acceptors (Lipinski definition) is 2. The first-order valence-corrected chi connectivity index (χ1v) is 7.63. The highest BCUT2D eigenvalue weighted by atomic mass is 79.9. The Labute approximate surface area is 132 Å². The van der Waals surface area contributed by atoms with Crippen LogP contribution in [0.15, 0.2) is 46.9 Å². The second-order valence-electron chi connectivity index (χ2n) is 5.24. The second kappa shape index (κ2) is 7.05. The maximum atomic E-state index is 13.4. The van der Waals surface area contributed by atoms with Crippen LogP contribution in [-0.4, -0.2) is 11.2 Å². The summed E-state index contributed by atoms with van der Waals surface area (Å²) in [6.07, 6.45) is -0.271. The first kappa shape index (κ1) is 16.0. The van der Waals surface area contributed by atoms with Gasteiger partial charge in [0.05, 0.1) is 12.2 Å². The van der Waals surface area contributed by atoms with Gasteiger partial charge in [0.1, 0.15) is 11.6 Å². The molecule has 0 fully saturated rings. The summed E-state index contributed by atoms with van der Waals surface area (Å²) in [5.41, 5.74) is 1.50. The molecule has 0 bridgehead atoms. The monoisotopic (exact) mass is 352 g/mol. The van der Waals surface area contributed by atoms with Gasteiger partial charge in [-0.05, 0) is 55.3 Å². The molecule has 1 unspecified atom stereocenters. The smallest absolute Gasteiger partial charge is 0.124 e. The molecular formula is C17H18BrFO2. The molecule has 21 heavy (non-hydrogen) atoms. The lowest BCUT2D eigenvalue weighted by atomic mass is 10.0. The standard InChI is InChI=1S/C17H18BrFO2/c1-11(2)21-16-5-3-4-13(9-16)17(20)8-12-6-14(18)10-15(19)7-12/h3-7,9-11,17,20H,8H2,1-2H3. The molecule has 0 aromatic heterocycles. The largest absolute Gasteiger partial charge is 0.491 e. The van der Waals surface area contributed by atoms with E-state index < -0.39 is 6.10 Å². The van der Waals surface area contributed by atoms with Crippen LogP contribution in [0.1, 0.15) is 31.1 Å². The Morgan fingerprint density at radius 3 is 2.62 bits per heavy atom. The Kier molecular flexibility index (Phi) is 5.37. The van der Waals surface area contributed by atoms with Crippen LogP contribution in [0.25, 0.3) is 0 Å². The minimum Gasteiger partial charge on any atom is -0.491 e. The summed E-state index contributed by atoms with van der Waals surface area (Å²) in [5.74, 6) is 0.408. The van der Waals surface area contributed by atoms with Gasteiger partial charge >= 0.3 is 0 Å². The SMILES string of the molecule is CC(C)Oc1cccc(C(O)Cc2cc(F)cc(Br)c2)c1. The van der Waals surface area contributed by atoms with Crippen LogP contribution in [0.4, 0.5) is 4.39 Å². The summed E-state index contributed by atoms with van der Waals surface area (Å²) in [7, 11) is 0. The molecule has 0 saturated carbocycles. The summed E-state index contributed by atoms with van der Waals surface area (Å²) < 4.78 is 19.6. The normalized spacial score (nSPS) is 12.5. The van der Waals surface area contributed by atoms with Crippen LogP contribution in [0, 0.1) is 5.82 Å². The molecule has 4 heteroatoms. The Morgan fingerprint density at radius 2 is 1.95 bits per heavy atom. The van der Waals surface area contributed by atoms with Crippen LogP contribution < -0.4 is 4.74 Å². The van der Waals surface area contributed by atoms with Gasteiger partial charge in [0.2, 0.25) is 0 Å². The zero-order chi connectivity index (χ0) is 15.4. The highest BCUT2D eigenvalue weighted by molar-refractivity contribution is 9.10. The lowest BCUT2D eigenvalue weighted by molar-refractivity contribution is 0.177. The lowest BCUT2D eigenvalue weighted by Gasteiger charge is -2.15. The first-order valence-electron chi connectivity index (χ1n) is 6.83. The Morgan fingerprint density at radius 1 is 1.19 bits per heavy atom. The van der Waals surface area contributed by atoms with E-state index in [-0.39, 0.29) is 11.9 Å². The van der Waals surface area contributed by atoms with Crippen molar-refractivity contribution in [2.75, 3.05) is 0 Å². The quantitative estimate of drug-likeness (QED) is 0.848. The van der Waals surface area contributed by atoms with Crippen molar-refractivity contribution in [3.63, 3.8) is 0 Å². The van der Waals surface area contributed by atoms with E-state index in [2.05, 4.69) is 15.9 Å². The first-order chi connectivity index (χ1) is 9.94. The van der Waals surface area contributed by atoms with Gasteiger partial charge in [-0.15, -0.1) is 0 Å². The summed E-state index contributed by atoms with van der Waals surface area (Å²) in [6, 6.07) is 12.0. The van der Waals surface area contributed by atoms with Crippen molar-refractivity contribution in [2.45, 2.75) is 32.5 Å². The molecule has 0 spiro atoms. The van der Waals surface area contributed by atoms with Gasteiger partial charge < -0.3 is 9.84 Å². The maximum Gasteiger partial charge on any atom is 0.124 e. The molecule has 0 aliphatic heterocycles. The summed E-state index contributed by atoms with van der Waals surface area (Å²) in [6.45, 7) is 3.90. The molecule has 0 saturated heterocycles. The topological polar surface area (TPSA) is 29.5 Å². The number of halogens is 2. The van der Waals surface area contributed by atoms with Crippen molar-refractivity contribution < 1.29 is 14.2 Å². The predicted octanol–water partition coefficient (Wildman–Crippen LogP) is 4.65. The van der Waals surface area contributed by atoms with Gasteiger partial charge in [0.25, 0.3) is 0 Å². The molecule has 112 valence electrons. The van der Waals surface area contributed by atoms with Crippen LogP contribution in [-0.2, 0) is 6.42 Å². The van der Waals surface area contributed by atoms with Gasteiger partial charge in [-0.3, -0.25) is 0 Å². The molecule has 0 aliphatic carbocycles. The molecule has 2 aromatic rings. The van der Waals surface area contributed by atoms with E-state index in [9.17, 15) is 9.50 Å². The van der Waals surface area contributed by atoms with Crippen LogP contribution in [0.5, 0.6) is 5.75 Å². The maximum absolute atomic E-state index is 13.4. The lowest BCUT2D eigenvalue weighted by Crippen LogP contribution is -2.07. The fourth-order valence-corrected chi connectivity index (χ4v) is 2.65. The van der Waals surface area contributed by atoms with E-state index in [4.69, 9.17) is 4.74 Å². The fraction of sp³-hybridized carbons (Fsp3) is 0.294. The Hall–Kier alpha value is -1.39. The molecule has 1 N–H and O–H groups in total. The van der Waals surface area contributed by atoms with E-state index in [1.807, 2.05) is 38.1 Å². The average molecular weight is 353 g/mol. The minimum absolute atomic E-state index is 0.0802. The molecule has 0 radical (unpaired) electrons. The van der Waals surface area contributed by atoms with Crippen molar-refractivity contribution in [1.82, 2.24) is 0 Å². The van der Waals surface area contributed by atoms with Crippen molar-refractivity contribution >= 4 is 15.9 Å². The minimum atomic E-state index is -0.700. The number of ether oxygens (including phenoxy) is 1. The Balaban J connectivity index is 2.14. The Bertz CT molecular complexity index is 593. The molecule has 2 rings (SSSR count). The number of benzene rings is 2. The second-order valence-corrected chi connectivity index (χ2v) is 6.15. The molecule has 1 atom stereocenters. The predicted molar refractivity (Wildman–Crippen MR) is 85.0 cm³/mol. The average Bonchev–Trinajstić information content (AvgIpc) is 2.36. The number of aliphatic hydroxyl groups excluding tert-OH is 1. The molecule has 0 aliphatic rings. The van der Waals surface area contributed by atoms with E-state index >= 15 is 0 Å². The summed E-state index contributed by atoms with van der Waals surface area (Å²) in [5, 5.41) is 10.3. The van der Waals surface area contributed by atoms with Crippen LogP contribution in [0.2, 0.25) is 0 Å². The van der Waals surface area contributed by atoms with Crippen molar-refractivity contribution in [1.29, 1.82) is 0 Å². The van der Waals surface area contributed by atoms with Crippen LogP contribution >= 0.6 is 15.9 Å². The van der Waals surface area contributed by atoms with Crippen molar-refractivity contribution in [3.05, 3.63) is 63.9 Å². The molecule has 0 amide bonds. The van der Waals surface area contributed by atoms with Crippen molar-refractivity contribution in [2.24, 2.45) is 0 Å². The van der Waals surface area contributed by atoms with Crippen molar-refractivity contribution in [3.8, 4) is 5.75 Å². The van der Waals surface area contributed by atoms with Gasteiger partial charge in [0, 0.05) is 10.9 Å². The third kappa shape index (κ3) is 4.83. The van der Waals surface area contributed by atoms with Crippen LogP contribution in [0.3, 0.4) is 0 Å². The zero-order valence-corrected chi connectivity index (χ0v) is 13.6. The van der Waals surface area contributed by atoms with Gasteiger partial charge in [-0.2, -0.15) is 0 Å². The van der Waals surface area contributed by atoms with Gasteiger partial charge in [-0.25, -0.2) is 4.39 Å². The zero-order valence-electron chi connectivity index (χ0n) is 12.0. The molecule has 2 nitrogen and oxygen atoms in total. The molecular weight excluding hydrogens is 335 g/mol. The fourth-order valence-electron chi connectivity index (χ4n) is 2.14.